The smallest absolute Gasteiger partial charge is 0.409 e. The molecule has 0 aliphatic carbocycles. The Morgan fingerprint density at radius 3 is 2.67 bits per heavy atom. The zero-order chi connectivity index (χ0) is 20.5. The van der Waals surface area contributed by atoms with Crippen LogP contribution in [0, 0.1) is 0 Å². The molecule has 1 fully saturated rings. The fourth-order valence-corrected chi connectivity index (χ4v) is 3.39. The van der Waals surface area contributed by atoms with Crippen LogP contribution in [0.15, 0.2) is 47.5 Å². The number of amides is 1. The first kappa shape index (κ1) is 24.0. The predicted octanol–water partition coefficient (Wildman–Crippen LogP) is 3.75. The molecule has 1 aliphatic heterocycles. The summed E-state index contributed by atoms with van der Waals surface area (Å²) >= 11 is 0. The number of fused-ring (bicyclic) bond motifs is 1. The Morgan fingerprint density at radius 1 is 1.20 bits per heavy atom. The fourth-order valence-electron chi connectivity index (χ4n) is 3.39. The summed E-state index contributed by atoms with van der Waals surface area (Å²) in [6, 6.07) is 14.6. The fraction of sp³-hybridized carbons (Fsp3) is 0.455. The number of piperidine rings is 1. The van der Waals surface area contributed by atoms with Crippen molar-refractivity contribution in [3.05, 3.63) is 42.5 Å². The average Bonchev–Trinajstić information content (AvgIpc) is 2.74. The molecule has 0 radical (unpaired) electrons. The molecular formula is C22H31IN4O3. The lowest BCUT2D eigenvalue weighted by molar-refractivity contribution is 0.0963. The highest BCUT2D eigenvalue weighted by molar-refractivity contribution is 14.0. The van der Waals surface area contributed by atoms with Crippen LogP contribution in [0.25, 0.3) is 10.8 Å². The minimum Gasteiger partial charge on any atom is -0.494 e. The summed E-state index contributed by atoms with van der Waals surface area (Å²) in [4.78, 5) is 17.8. The van der Waals surface area contributed by atoms with Crippen molar-refractivity contribution in [1.29, 1.82) is 0 Å². The van der Waals surface area contributed by atoms with E-state index in [1.54, 1.807) is 4.90 Å². The van der Waals surface area contributed by atoms with E-state index in [4.69, 9.17) is 15.2 Å². The van der Waals surface area contributed by atoms with E-state index in [0.29, 0.717) is 38.8 Å². The standard InChI is InChI=1S/C22H30N4O3.HI/c1-2-28-22(27)26-13-10-19(11-14-26)25-21(23)24-12-5-15-29-20-9-8-17-6-3-4-7-18(17)16-20;/h3-4,6-9,16,19H,2,5,10-15H2,1H3,(H3,23,24,25);1H. The van der Waals surface area contributed by atoms with Gasteiger partial charge in [-0.2, -0.15) is 0 Å². The monoisotopic (exact) mass is 526 g/mol. The zero-order valence-corrected chi connectivity index (χ0v) is 19.7. The van der Waals surface area contributed by atoms with Crippen LogP contribution < -0.4 is 15.8 Å². The van der Waals surface area contributed by atoms with Crippen LogP contribution in [0.5, 0.6) is 5.75 Å². The number of guanidine groups is 1. The van der Waals surface area contributed by atoms with Gasteiger partial charge >= 0.3 is 6.09 Å². The number of nitrogens with one attached hydrogen (secondary N) is 1. The summed E-state index contributed by atoms with van der Waals surface area (Å²) < 4.78 is 10.9. The molecule has 0 unspecified atom stereocenters. The van der Waals surface area contributed by atoms with Gasteiger partial charge in [0.05, 0.1) is 13.2 Å². The first-order valence-electron chi connectivity index (χ1n) is 10.3. The van der Waals surface area contributed by atoms with Gasteiger partial charge in [-0.3, -0.25) is 4.99 Å². The topological polar surface area (TPSA) is 89.2 Å². The van der Waals surface area contributed by atoms with Gasteiger partial charge in [0.15, 0.2) is 5.96 Å². The third kappa shape index (κ3) is 7.23. The van der Waals surface area contributed by atoms with Crippen molar-refractivity contribution in [2.75, 3.05) is 32.8 Å². The predicted molar refractivity (Wildman–Crippen MR) is 131 cm³/mol. The Hall–Kier alpha value is -2.23. The zero-order valence-electron chi connectivity index (χ0n) is 17.4. The number of benzene rings is 2. The normalized spacial score (nSPS) is 14.8. The Labute approximate surface area is 195 Å². The van der Waals surface area contributed by atoms with Crippen LogP contribution in [0.4, 0.5) is 4.79 Å². The molecule has 0 spiro atoms. The number of nitrogens with two attached hydrogens (primary N) is 1. The summed E-state index contributed by atoms with van der Waals surface area (Å²) in [6.07, 6.45) is 2.22. The van der Waals surface area contributed by atoms with Gasteiger partial charge in [-0.25, -0.2) is 4.79 Å². The number of nitrogens with zero attached hydrogens (tertiary/aromatic N) is 2. The van der Waals surface area contributed by atoms with Crippen molar-refractivity contribution in [1.82, 2.24) is 10.2 Å². The van der Waals surface area contributed by atoms with Crippen molar-refractivity contribution >= 4 is 46.8 Å². The number of carbonyl (C=O) groups is 1. The minimum atomic E-state index is -0.237. The molecule has 3 N–H and O–H groups in total. The van der Waals surface area contributed by atoms with Crippen LogP contribution in [0.2, 0.25) is 0 Å². The van der Waals surface area contributed by atoms with Crippen LogP contribution in [0.3, 0.4) is 0 Å². The summed E-state index contributed by atoms with van der Waals surface area (Å²) in [5.74, 6) is 1.32. The molecule has 7 nitrogen and oxygen atoms in total. The van der Waals surface area contributed by atoms with Crippen molar-refractivity contribution in [3.8, 4) is 5.75 Å². The Balaban J connectivity index is 0.00000320. The number of ether oxygens (including phenoxy) is 2. The highest BCUT2D eigenvalue weighted by Gasteiger charge is 2.23. The van der Waals surface area contributed by atoms with Gasteiger partial charge in [-0.05, 0) is 42.7 Å². The van der Waals surface area contributed by atoms with E-state index in [0.717, 1.165) is 25.0 Å². The van der Waals surface area contributed by atoms with Crippen molar-refractivity contribution < 1.29 is 14.3 Å². The molecule has 0 atom stereocenters. The maximum Gasteiger partial charge on any atom is 0.409 e. The van der Waals surface area contributed by atoms with E-state index < -0.39 is 0 Å². The number of halogens is 1. The van der Waals surface area contributed by atoms with Crippen LogP contribution in [-0.4, -0.2) is 55.8 Å². The van der Waals surface area contributed by atoms with Gasteiger partial charge in [0.2, 0.25) is 0 Å². The molecule has 0 aromatic heterocycles. The summed E-state index contributed by atoms with van der Waals surface area (Å²) in [5, 5.41) is 5.62. The lowest BCUT2D eigenvalue weighted by atomic mass is 10.1. The van der Waals surface area contributed by atoms with Gasteiger partial charge < -0.3 is 25.4 Å². The second-order valence-electron chi connectivity index (χ2n) is 7.08. The number of carbonyl (C=O) groups excluding carboxylic acids is 1. The average molecular weight is 526 g/mol. The molecule has 2 aromatic rings. The number of aliphatic imine (C=N–C) groups is 1. The maximum atomic E-state index is 11.7. The Morgan fingerprint density at radius 2 is 1.93 bits per heavy atom. The minimum absolute atomic E-state index is 0. The van der Waals surface area contributed by atoms with E-state index >= 15 is 0 Å². The number of hydrogen-bond acceptors (Lipinski definition) is 4. The molecular weight excluding hydrogens is 495 g/mol. The summed E-state index contributed by atoms with van der Waals surface area (Å²) in [5.41, 5.74) is 6.00. The van der Waals surface area contributed by atoms with E-state index in [2.05, 4.69) is 34.6 Å². The molecule has 30 heavy (non-hydrogen) atoms. The third-order valence-corrected chi connectivity index (χ3v) is 4.95. The van der Waals surface area contributed by atoms with Gasteiger partial charge in [-0.1, -0.05) is 30.3 Å². The van der Waals surface area contributed by atoms with Crippen LogP contribution >= 0.6 is 24.0 Å². The molecule has 164 valence electrons. The molecule has 1 heterocycles. The highest BCUT2D eigenvalue weighted by Crippen LogP contribution is 2.20. The number of likely N-dealkylation sites (tertiary alicyclic amines) is 1. The molecule has 1 saturated heterocycles. The lowest BCUT2D eigenvalue weighted by Crippen LogP contribution is -2.48. The largest absolute Gasteiger partial charge is 0.494 e. The molecule has 0 bridgehead atoms. The van der Waals surface area contributed by atoms with Crippen molar-refractivity contribution in [3.63, 3.8) is 0 Å². The van der Waals surface area contributed by atoms with E-state index in [1.165, 1.54) is 10.8 Å². The van der Waals surface area contributed by atoms with E-state index in [9.17, 15) is 4.79 Å². The number of rotatable bonds is 7. The van der Waals surface area contributed by atoms with Gasteiger partial charge in [-0.15, -0.1) is 24.0 Å². The van der Waals surface area contributed by atoms with Gasteiger partial charge in [0, 0.05) is 32.1 Å². The molecule has 3 rings (SSSR count). The molecule has 8 heteroatoms. The quantitative estimate of drug-likeness (QED) is 0.248. The first-order chi connectivity index (χ1) is 14.2. The number of hydrogen-bond donors (Lipinski definition) is 2. The summed E-state index contributed by atoms with van der Waals surface area (Å²) in [7, 11) is 0. The first-order valence-corrected chi connectivity index (χ1v) is 10.3. The van der Waals surface area contributed by atoms with Gasteiger partial charge in [0.1, 0.15) is 5.75 Å². The van der Waals surface area contributed by atoms with Crippen molar-refractivity contribution in [2.45, 2.75) is 32.2 Å². The van der Waals surface area contributed by atoms with Crippen molar-refractivity contribution in [2.24, 2.45) is 10.7 Å². The maximum absolute atomic E-state index is 11.7. The van der Waals surface area contributed by atoms with E-state index in [1.807, 2.05) is 25.1 Å². The molecule has 2 aromatic carbocycles. The Kier molecular flexibility index (Phi) is 9.99. The SMILES string of the molecule is CCOC(=O)N1CCC(NC(N)=NCCCOc2ccc3ccccc3c2)CC1.I. The molecule has 0 saturated carbocycles. The van der Waals surface area contributed by atoms with Crippen LogP contribution in [-0.2, 0) is 4.74 Å². The van der Waals surface area contributed by atoms with Crippen LogP contribution in [0.1, 0.15) is 26.2 Å². The third-order valence-electron chi connectivity index (χ3n) is 4.95. The highest BCUT2D eigenvalue weighted by atomic mass is 127. The van der Waals surface area contributed by atoms with E-state index in [-0.39, 0.29) is 36.1 Å². The lowest BCUT2D eigenvalue weighted by Gasteiger charge is -2.31. The second-order valence-corrected chi connectivity index (χ2v) is 7.08. The molecule has 1 aliphatic rings. The molecule has 1 amide bonds. The second kappa shape index (κ2) is 12.5. The van der Waals surface area contributed by atoms with Gasteiger partial charge in [0.25, 0.3) is 0 Å². The Bertz CT molecular complexity index is 838. The summed E-state index contributed by atoms with van der Waals surface area (Å²) in [6.45, 7) is 4.76.